The molecule has 1 heterocycles. The molecule has 4 nitrogen and oxygen atoms in total. The number of likely N-dealkylation sites (tertiary alicyclic amines) is 1. The molecule has 1 saturated carbocycles. The second-order valence-electron chi connectivity index (χ2n) is 6.54. The van der Waals surface area contributed by atoms with Gasteiger partial charge in [-0.25, -0.2) is 0 Å². The largest absolute Gasteiger partial charge is 0.379 e. The van der Waals surface area contributed by atoms with Crippen molar-refractivity contribution in [3.8, 4) is 0 Å². The molecule has 0 aromatic heterocycles. The van der Waals surface area contributed by atoms with Crippen molar-refractivity contribution < 1.29 is 9.53 Å². The number of nitrogens with one attached hydrogen (secondary N) is 1. The average Bonchev–Trinajstić information content (AvgIpc) is 3.23. The first-order valence-corrected chi connectivity index (χ1v) is 7.59. The van der Waals surface area contributed by atoms with E-state index in [9.17, 15) is 4.79 Å². The number of nitrogens with zero attached hydrogens (tertiary/aromatic N) is 1. The van der Waals surface area contributed by atoms with E-state index in [2.05, 4.69) is 24.1 Å². The molecule has 0 radical (unpaired) electrons. The quantitative estimate of drug-likeness (QED) is 0.798. The van der Waals surface area contributed by atoms with Crippen molar-refractivity contribution in [2.24, 2.45) is 5.92 Å². The Morgan fingerprint density at radius 3 is 2.42 bits per heavy atom. The Bertz CT molecular complexity index is 305. The van der Waals surface area contributed by atoms with Gasteiger partial charge in [-0.15, -0.1) is 0 Å². The molecule has 0 spiro atoms. The molecule has 4 heteroatoms. The van der Waals surface area contributed by atoms with Crippen molar-refractivity contribution in [2.45, 2.75) is 57.6 Å². The summed E-state index contributed by atoms with van der Waals surface area (Å²) in [6.45, 7) is 7.08. The lowest BCUT2D eigenvalue weighted by molar-refractivity contribution is -0.133. The number of carbonyl (C=O) groups excluding carboxylic acids is 1. The van der Waals surface area contributed by atoms with Crippen LogP contribution in [-0.4, -0.2) is 49.2 Å². The van der Waals surface area contributed by atoms with E-state index in [0.29, 0.717) is 17.9 Å². The number of methoxy groups -OCH3 is 1. The van der Waals surface area contributed by atoms with Crippen molar-refractivity contribution in [1.29, 1.82) is 0 Å². The first kappa shape index (κ1) is 14.8. The van der Waals surface area contributed by atoms with Gasteiger partial charge in [0.1, 0.15) is 0 Å². The van der Waals surface area contributed by atoms with E-state index in [4.69, 9.17) is 4.74 Å². The summed E-state index contributed by atoms with van der Waals surface area (Å²) in [5.74, 6) is 0.769. The van der Waals surface area contributed by atoms with Crippen LogP contribution in [0.25, 0.3) is 0 Å². The molecule has 110 valence electrons. The van der Waals surface area contributed by atoms with Gasteiger partial charge in [-0.05, 0) is 52.5 Å². The summed E-state index contributed by atoms with van der Waals surface area (Å²) in [6.07, 6.45) is 5.43. The van der Waals surface area contributed by atoms with E-state index in [1.54, 1.807) is 7.11 Å². The highest BCUT2D eigenvalue weighted by molar-refractivity contribution is 5.81. The molecule has 0 bridgehead atoms. The van der Waals surface area contributed by atoms with Crippen LogP contribution in [-0.2, 0) is 9.53 Å². The molecule has 0 unspecified atom stereocenters. The van der Waals surface area contributed by atoms with Crippen LogP contribution in [0.5, 0.6) is 0 Å². The van der Waals surface area contributed by atoms with Crippen molar-refractivity contribution >= 4 is 5.91 Å². The van der Waals surface area contributed by atoms with Gasteiger partial charge in [0.25, 0.3) is 0 Å². The third-order valence-corrected chi connectivity index (χ3v) is 4.45. The summed E-state index contributed by atoms with van der Waals surface area (Å²) in [7, 11) is 1.77. The Morgan fingerprint density at radius 1 is 1.26 bits per heavy atom. The smallest absolute Gasteiger partial charge is 0.225 e. The minimum atomic E-state index is -0.0460. The highest BCUT2D eigenvalue weighted by atomic mass is 16.5. The van der Waals surface area contributed by atoms with Crippen LogP contribution in [0, 0.1) is 5.92 Å². The van der Waals surface area contributed by atoms with Gasteiger partial charge in [0.05, 0.1) is 5.60 Å². The number of carbonyl (C=O) groups is 1. The van der Waals surface area contributed by atoms with Crippen LogP contribution in [0.3, 0.4) is 0 Å². The lowest BCUT2D eigenvalue weighted by Crippen LogP contribution is -2.46. The fourth-order valence-electron chi connectivity index (χ4n) is 2.57. The van der Waals surface area contributed by atoms with Crippen molar-refractivity contribution in [1.82, 2.24) is 10.2 Å². The van der Waals surface area contributed by atoms with Crippen LogP contribution in [0.1, 0.15) is 46.0 Å². The van der Waals surface area contributed by atoms with Crippen LogP contribution in [0.15, 0.2) is 0 Å². The van der Waals surface area contributed by atoms with Gasteiger partial charge in [0.2, 0.25) is 5.91 Å². The van der Waals surface area contributed by atoms with Gasteiger partial charge in [-0.3, -0.25) is 4.79 Å². The molecular weight excluding hydrogens is 240 g/mol. The molecule has 19 heavy (non-hydrogen) atoms. The maximum atomic E-state index is 11.9. The molecule has 1 saturated heterocycles. The maximum absolute atomic E-state index is 11.9. The number of piperidine rings is 1. The molecular formula is C15H28N2O2. The Kier molecular flexibility index (Phi) is 4.85. The van der Waals surface area contributed by atoms with E-state index in [1.807, 2.05) is 0 Å². The summed E-state index contributed by atoms with van der Waals surface area (Å²) in [5.41, 5.74) is -0.0460. The predicted octanol–water partition coefficient (Wildman–Crippen LogP) is 1.79. The molecule has 0 aromatic carbocycles. The first-order chi connectivity index (χ1) is 9.02. The molecule has 2 fully saturated rings. The predicted molar refractivity (Wildman–Crippen MR) is 76.0 cm³/mol. The summed E-state index contributed by atoms with van der Waals surface area (Å²) in [5, 5.41) is 3.60. The third kappa shape index (κ3) is 4.46. The highest BCUT2D eigenvalue weighted by Crippen LogP contribution is 2.31. The minimum absolute atomic E-state index is 0.0460. The van der Waals surface area contributed by atoms with Crippen molar-refractivity contribution in [2.75, 3.05) is 26.7 Å². The van der Waals surface area contributed by atoms with Gasteiger partial charge in [-0.1, -0.05) is 0 Å². The summed E-state index contributed by atoms with van der Waals surface area (Å²) >= 11 is 0. The second kappa shape index (κ2) is 6.23. The van der Waals surface area contributed by atoms with E-state index in [1.165, 1.54) is 0 Å². The second-order valence-corrected chi connectivity index (χ2v) is 6.54. The maximum Gasteiger partial charge on any atom is 0.225 e. The van der Waals surface area contributed by atoms with Crippen LogP contribution in [0.4, 0.5) is 0 Å². The number of hydrogen-bond donors (Lipinski definition) is 1. The van der Waals surface area contributed by atoms with E-state index in [0.717, 1.165) is 51.7 Å². The first-order valence-electron chi connectivity index (χ1n) is 7.59. The van der Waals surface area contributed by atoms with E-state index >= 15 is 0 Å². The SMILES string of the molecule is COC(C)(C)CCNC1CCN(C(=O)C2CC2)CC1. The van der Waals surface area contributed by atoms with Crippen molar-refractivity contribution in [3.63, 3.8) is 0 Å². The lowest BCUT2D eigenvalue weighted by Gasteiger charge is -2.33. The van der Waals surface area contributed by atoms with Gasteiger partial charge in [-0.2, -0.15) is 0 Å². The normalized spacial score (nSPS) is 21.7. The molecule has 0 aromatic rings. The van der Waals surface area contributed by atoms with Crippen molar-refractivity contribution in [3.05, 3.63) is 0 Å². The zero-order valence-corrected chi connectivity index (χ0v) is 12.6. The average molecular weight is 268 g/mol. The van der Waals surface area contributed by atoms with Crippen LogP contribution in [0.2, 0.25) is 0 Å². The van der Waals surface area contributed by atoms with E-state index < -0.39 is 0 Å². The van der Waals surface area contributed by atoms with Crippen LogP contribution < -0.4 is 5.32 Å². The van der Waals surface area contributed by atoms with Crippen LogP contribution >= 0.6 is 0 Å². The molecule has 2 rings (SSSR count). The Balaban J connectivity index is 1.62. The van der Waals surface area contributed by atoms with Gasteiger partial charge < -0.3 is 15.0 Å². The van der Waals surface area contributed by atoms with Gasteiger partial charge in [0, 0.05) is 32.2 Å². The molecule has 1 N–H and O–H groups in total. The lowest BCUT2D eigenvalue weighted by atomic mass is 10.0. The molecule has 0 atom stereocenters. The Morgan fingerprint density at radius 2 is 1.89 bits per heavy atom. The zero-order valence-electron chi connectivity index (χ0n) is 12.6. The number of ether oxygens (including phenoxy) is 1. The Hall–Kier alpha value is -0.610. The number of hydrogen-bond acceptors (Lipinski definition) is 3. The molecule has 1 aliphatic carbocycles. The summed E-state index contributed by atoms with van der Waals surface area (Å²) < 4.78 is 5.42. The highest BCUT2D eigenvalue weighted by Gasteiger charge is 2.34. The summed E-state index contributed by atoms with van der Waals surface area (Å²) in [4.78, 5) is 14.0. The summed E-state index contributed by atoms with van der Waals surface area (Å²) in [6, 6.07) is 0.566. The standard InChI is InChI=1S/C15H28N2O2/c1-15(2,19-3)8-9-16-13-6-10-17(11-7-13)14(18)12-4-5-12/h12-13,16H,4-11H2,1-3H3. The molecule has 1 amide bonds. The molecule has 2 aliphatic rings. The van der Waals surface area contributed by atoms with E-state index in [-0.39, 0.29) is 5.60 Å². The van der Waals surface area contributed by atoms with Gasteiger partial charge >= 0.3 is 0 Å². The number of rotatable bonds is 6. The zero-order chi connectivity index (χ0) is 13.9. The monoisotopic (exact) mass is 268 g/mol. The van der Waals surface area contributed by atoms with Gasteiger partial charge in [0.15, 0.2) is 0 Å². The fourth-order valence-corrected chi connectivity index (χ4v) is 2.57. The Labute approximate surface area is 116 Å². The molecule has 1 aliphatic heterocycles. The fraction of sp³-hybridized carbons (Fsp3) is 0.933. The number of amides is 1. The minimum Gasteiger partial charge on any atom is -0.379 e. The third-order valence-electron chi connectivity index (χ3n) is 4.45. The topological polar surface area (TPSA) is 41.6 Å².